The number of aryl methyl sites for hydroxylation is 1. The second-order valence-corrected chi connectivity index (χ2v) is 5.44. The number of carboxylic acids is 1. The van der Waals surface area contributed by atoms with E-state index in [1.165, 1.54) is 42.2 Å². The van der Waals surface area contributed by atoms with Gasteiger partial charge in [-0.05, 0) is 30.7 Å². The summed E-state index contributed by atoms with van der Waals surface area (Å²) in [7, 11) is 1.56. The average molecular weight is 353 g/mol. The number of halogens is 2. The molecule has 0 atom stereocenters. The zero-order valence-electron chi connectivity index (χ0n) is 13.7. The molecule has 0 bridgehead atoms. The van der Waals surface area contributed by atoms with Gasteiger partial charge >= 0.3 is 12.6 Å². The van der Waals surface area contributed by atoms with Gasteiger partial charge in [-0.25, -0.2) is 4.79 Å². The Morgan fingerprint density at radius 1 is 1.28 bits per heavy atom. The van der Waals surface area contributed by atoms with Crippen molar-refractivity contribution in [1.29, 1.82) is 0 Å². The van der Waals surface area contributed by atoms with Gasteiger partial charge in [0.1, 0.15) is 22.8 Å². The van der Waals surface area contributed by atoms with E-state index in [9.17, 15) is 18.4 Å². The van der Waals surface area contributed by atoms with E-state index in [1.807, 2.05) is 0 Å². The normalized spacial score (nSPS) is 10.8. The van der Waals surface area contributed by atoms with Gasteiger partial charge in [-0.1, -0.05) is 12.1 Å². The summed E-state index contributed by atoms with van der Waals surface area (Å²) in [6, 6.07) is 7.18. The number of hydrogen-bond donors (Lipinski definition) is 1. The van der Waals surface area contributed by atoms with Crippen LogP contribution in [0.15, 0.2) is 34.7 Å². The van der Waals surface area contributed by atoms with E-state index in [4.69, 9.17) is 9.52 Å². The SMILES string of the molecule is Cc1oc(CN(C)C(=O)Cc2ccc(OC(F)F)cc2)cc1C(=O)O. The van der Waals surface area contributed by atoms with Crippen molar-refractivity contribution in [3.8, 4) is 5.75 Å². The van der Waals surface area contributed by atoms with Crippen LogP contribution >= 0.6 is 0 Å². The first-order valence-electron chi connectivity index (χ1n) is 7.36. The van der Waals surface area contributed by atoms with E-state index in [-0.39, 0.29) is 35.9 Å². The van der Waals surface area contributed by atoms with E-state index in [1.54, 1.807) is 7.05 Å². The zero-order chi connectivity index (χ0) is 18.6. The average Bonchev–Trinajstić information content (AvgIpc) is 2.89. The summed E-state index contributed by atoms with van der Waals surface area (Å²) in [4.78, 5) is 24.6. The number of nitrogens with zero attached hydrogens (tertiary/aromatic N) is 1. The zero-order valence-corrected chi connectivity index (χ0v) is 13.7. The van der Waals surface area contributed by atoms with Gasteiger partial charge in [-0.3, -0.25) is 4.79 Å². The lowest BCUT2D eigenvalue weighted by Crippen LogP contribution is -2.27. The molecular formula is C17H17F2NO5. The molecular weight excluding hydrogens is 336 g/mol. The molecule has 6 nitrogen and oxygen atoms in total. The van der Waals surface area contributed by atoms with Crippen LogP contribution in [0.25, 0.3) is 0 Å². The number of aromatic carboxylic acids is 1. The van der Waals surface area contributed by atoms with Gasteiger partial charge in [0.2, 0.25) is 5.91 Å². The Bertz CT molecular complexity index is 755. The van der Waals surface area contributed by atoms with Crippen LogP contribution < -0.4 is 4.74 Å². The van der Waals surface area contributed by atoms with Gasteiger partial charge in [0.15, 0.2) is 0 Å². The summed E-state index contributed by atoms with van der Waals surface area (Å²) < 4.78 is 33.8. The Morgan fingerprint density at radius 2 is 1.92 bits per heavy atom. The molecule has 1 aromatic carbocycles. The molecule has 0 unspecified atom stereocenters. The molecule has 0 saturated heterocycles. The number of carboxylic acid groups (broad SMARTS) is 1. The van der Waals surface area contributed by atoms with Gasteiger partial charge < -0.3 is 19.2 Å². The molecule has 0 saturated carbocycles. The number of amides is 1. The van der Waals surface area contributed by atoms with Gasteiger partial charge in [-0.2, -0.15) is 8.78 Å². The Labute approximate surface area is 142 Å². The fourth-order valence-electron chi connectivity index (χ4n) is 2.25. The number of ether oxygens (including phenoxy) is 1. The van der Waals surface area contributed by atoms with Crippen molar-refractivity contribution in [1.82, 2.24) is 4.90 Å². The van der Waals surface area contributed by atoms with Crippen LogP contribution in [0.1, 0.15) is 27.4 Å². The fourth-order valence-corrected chi connectivity index (χ4v) is 2.25. The highest BCUT2D eigenvalue weighted by atomic mass is 19.3. The van der Waals surface area contributed by atoms with E-state index in [0.717, 1.165) is 0 Å². The minimum Gasteiger partial charge on any atom is -0.478 e. The van der Waals surface area contributed by atoms with Crippen LogP contribution in [0.4, 0.5) is 8.78 Å². The number of carbonyl (C=O) groups is 2. The minimum absolute atomic E-state index is 0.0202. The maximum Gasteiger partial charge on any atom is 0.387 e. The lowest BCUT2D eigenvalue weighted by atomic mass is 10.1. The number of alkyl halides is 2. The molecule has 1 amide bonds. The molecule has 134 valence electrons. The maximum absolute atomic E-state index is 12.2. The third kappa shape index (κ3) is 5.03. The second kappa shape index (κ2) is 7.78. The van der Waals surface area contributed by atoms with E-state index < -0.39 is 12.6 Å². The quantitative estimate of drug-likeness (QED) is 0.827. The smallest absolute Gasteiger partial charge is 0.387 e. The van der Waals surface area contributed by atoms with Crippen LogP contribution in [0.2, 0.25) is 0 Å². The summed E-state index contributed by atoms with van der Waals surface area (Å²) in [6.45, 7) is -1.23. The molecule has 2 rings (SSSR count). The molecule has 0 aliphatic rings. The highest BCUT2D eigenvalue weighted by Crippen LogP contribution is 2.18. The Morgan fingerprint density at radius 3 is 2.44 bits per heavy atom. The van der Waals surface area contributed by atoms with E-state index in [0.29, 0.717) is 11.3 Å². The summed E-state index contributed by atoms with van der Waals surface area (Å²) in [5.41, 5.74) is 0.700. The molecule has 25 heavy (non-hydrogen) atoms. The Balaban J connectivity index is 1.96. The minimum atomic E-state index is -2.90. The lowest BCUT2D eigenvalue weighted by molar-refractivity contribution is -0.129. The van der Waals surface area contributed by atoms with Crippen LogP contribution in [0, 0.1) is 6.92 Å². The predicted molar refractivity (Wildman–Crippen MR) is 83.7 cm³/mol. The van der Waals surface area contributed by atoms with Crippen molar-refractivity contribution in [2.75, 3.05) is 7.05 Å². The first kappa shape index (κ1) is 18.4. The highest BCUT2D eigenvalue weighted by molar-refractivity contribution is 5.88. The van der Waals surface area contributed by atoms with Crippen molar-refractivity contribution in [2.45, 2.75) is 26.5 Å². The second-order valence-electron chi connectivity index (χ2n) is 5.44. The third-order valence-corrected chi connectivity index (χ3v) is 3.52. The highest BCUT2D eigenvalue weighted by Gasteiger charge is 2.17. The Hall–Kier alpha value is -2.90. The Kier molecular flexibility index (Phi) is 5.74. The molecule has 0 fully saturated rings. The first-order chi connectivity index (χ1) is 11.8. The van der Waals surface area contributed by atoms with Crippen molar-refractivity contribution in [3.63, 3.8) is 0 Å². The monoisotopic (exact) mass is 353 g/mol. The van der Waals surface area contributed by atoms with Gasteiger partial charge in [0, 0.05) is 7.05 Å². The summed E-state index contributed by atoms with van der Waals surface area (Å²) >= 11 is 0. The molecule has 8 heteroatoms. The number of benzene rings is 1. The van der Waals surface area contributed by atoms with Crippen molar-refractivity contribution in [3.05, 3.63) is 53.0 Å². The summed E-state index contributed by atoms with van der Waals surface area (Å²) in [5, 5.41) is 9.00. The molecule has 1 N–H and O–H groups in total. The summed E-state index contributed by atoms with van der Waals surface area (Å²) in [6.07, 6.45) is 0.0664. The van der Waals surface area contributed by atoms with Crippen LogP contribution in [-0.2, 0) is 17.8 Å². The predicted octanol–water partition coefficient (Wildman–Crippen LogP) is 3.09. The van der Waals surface area contributed by atoms with Crippen molar-refractivity contribution in [2.24, 2.45) is 0 Å². The number of hydrogen-bond acceptors (Lipinski definition) is 4. The molecule has 0 aliphatic carbocycles. The molecule has 0 spiro atoms. The van der Waals surface area contributed by atoms with Crippen LogP contribution in [0.3, 0.4) is 0 Å². The van der Waals surface area contributed by atoms with E-state index >= 15 is 0 Å². The topological polar surface area (TPSA) is 80.0 Å². The lowest BCUT2D eigenvalue weighted by Gasteiger charge is -2.16. The van der Waals surface area contributed by atoms with E-state index in [2.05, 4.69) is 4.74 Å². The molecule has 1 aromatic heterocycles. The number of likely N-dealkylation sites (N-methyl/N-ethyl adjacent to an activating group) is 1. The van der Waals surface area contributed by atoms with Gasteiger partial charge in [-0.15, -0.1) is 0 Å². The fraction of sp³-hybridized carbons (Fsp3) is 0.294. The van der Waals surface area contributed by atoms with Gasteiger partial charge in [0.25, 0.3) is 0 Å². The number of furan rings is 1. The van der Waals surface area contributed by atoms with Crippen LogP contribution in [0.5, 0.6) is 5.75 Å². The van der Waals surface area contributed by atoms with Crippen LogP contribution in [-0.4, -0.2) is 35.5 Å². The third-order valence-electron chi connectivity index (χ3n) is 3.52. The largest absolute Gasteiger partial charge is 0.478 e. The first-order valence-corrected chi connectivity index (χ1v) is 7.36. The number of carbonyl (C=O) groups excluding carboxylic acids is 1. The molecule has 0 radical (unpaired) electrons. The number of rotatable bonds is 7. The van der Waals surface area contributed by atoms with Crippen molar-refractivity contribution >= 4 is 11.9 Å². The molecule has 1 heterocycles. The maximum atomic E-state index is 12.2. The summed E-state index contributed by atoms with van der Waals surface area (Å²) in [5.74, 6) is -0.655. The van der Waals surface area contributed by atoms with Gasteiger partial charge in [0.05, 0.1) is 13.0 Å². The molecule has 2 aromatic rings. The van der Waals surface area contributed by atoms with Crippen molar-refractivity contribution < 1.29 is 32.6 Å². The standard InChI is InChI=1S/C17H17F2NO5/c1-10-14(16(22)23)8-13(24-10)9-20(2)15(21)7-11-3-5-12(6-4-11)25-17(18)19/h3-6,8,17H,7,9H2,1-2H3,(H,22,23). The molecule has 0 aliphatic heterocycles.